The van der Waals surface area contributed by atoms with E-state index in [2.05, 4.69) is 29.5 Å². The third kappa shape index (κ3) is 4.42. The minimum absolute atomic E-state index is 0.453. The largest absolute Gasteiger partial charge is 0.373 e. The van der Waals surface area contributed by atoms with E-state index in [4.69, 9.17) is 0 Å². The van der Waals surface area contributed by atoms with Crippen molar-refractivity contribution in [1.29, 1.82) is 0 Å². The molecule has 0 saturated heterocycles. The first kappa shape index (κ1) is 12.2. The van der Waals surface area contributed by atoms with Crippen molar-refractivity contribution in [3.63, 3.8) is 0 Å². The Labute approximate surface area is 96.1 Å². The average molecular weight is 225 g/mol. The molecule has 0 aliphatic heterocycles. The van der Waals surface area contributed by atoms with Crippen LogP contribution in [-0.2, 0) is 0 Å². The quantitative estimate of drug-likeness (QED) is 0.780. The Balaban J connectivity index is 2.48. The average Bonchev–Trinajstić information content (AvgIpc) is 2.26. The molecule has 84 valence electrons. The first-order chi connectivity index (χ1) is 7.26. The van der Waals surface area contributed by atoms with Crippen LogP contribution in [0.2, 0.25) is 0 Å². The maximum absolute atomic E-state index is 4.41. The molecule has 3 nitrogen and oxygen atoms in total. The van der Waals surface area contributed by atoms with E-state index in [0.717, 1.165) is 23.1 Å². The van der Waals surface area contributed by atoms with E-state index in [1.165, 1.54) is 0 Å². The van der Waals surface area contributed by atoms with Crippen LogP contribution in [0.15, 0.2) is 18.2 Å². The zero-order valence-corrected chi connectivity index (χ0v) is 10.4. The van der Waals surface area contributed by atoms with E-state index < -0.39 is 0 Å². The molecular formula is C11H19N3S. The summed E-state index contributed by atoms with van der Waals surface area (Å²) >= 11 is 1.94. The Bertz CT molecular complexity index is 291. The van der Waals surface area contributed by atoms with E-state index in [1.54, 1.807) is 0 Å². The molecule has 0 spiro atoms. The maximum atomic E-state index is 4.41. The molecular weight excluding hydrogens is 206 g/mol. The molecule has 1 atom stereocenters. The van der Waals surface area contributed by atoms with Crippen molar-refractivity contribution in [2.45, 2.75) is 19.9 Å². The lowest BCUT2D eigenvalue weighted by Gasteiger charge is -2.14. The number of hydrogen-bond donors (Lipinski definition) is 2. The van der Waals surface area contributed by atoms with Gasteiger partial charge in [0.1, 0.15) is 11.6 Å². The van der Waals surface area contributed by atoms with Gasteiger partial charge in [0.15, 0.2) is 0 Å². The van der Waals surface area contributed by atoms with Crippen LogP contribution in [0.5, 0.6) is 0 Å². The summed E-state index contributed by atoms with van der Waals surface area (Å²) in [5, 5.41) is 6.41. The van der Waals surface area contributed by atoms with Crippen LogP contribution in [0.1, 0.15) is 13.8 Å². The molecule has 0 aliphatic carbocycles. The third-order valence-corrected chi connectivity index (χ3v) is 3.12. The standard InChI is InChI=1S/C11H19N3S/c1-4-15-8-9(2)13-11-7-5-6-10(12-3)14-11/h5-7,9H,4,8H2,1-3H3,(H2,12,13,14). The van der Waals surface area contributed by atoms with Crippen molar-refractivity contribution in [3.05, 3.63) is 18.2 Å². The van der Waals surface area contributed by atoms with Gasteiger partial charge < -0.3 is 10.6 Å². The Hall–Kier alpha value is -0.900. The number of hydrogen-bond acceptors (Lipinski definition) is 4. The fraction of sp³-hybridized carbons (Fsp3) is 0.545. The van der Waals surface area contributed by atoms with Gasteiger partial charge in [-0.15, -0.1) is 0 Å². The number of aromatic nitrogens is 1. The predicted octanol–water partition coefficient (Wildman–Crippen LogP) is 2.68. The van der Waals surface area contributed by atoms with Gasteiger partial charge in [-0.1, -0.05) is 13.0 Å². The number of thioether (sulfide) groups is 1. The highest BCUT2D eigenvalue weighted by Gasteiger charge is 2.02. The van der Waals surface area contributed by atoms with E-state index in [9.17, 15) is 0 Å². The molecule has 0 radical (unpaired) electrons. The van der Waals surface area contributed by atoms with Gasteiger partial charge in [-0.2, -0.15) is 11.8 Å². The number of rotatable bonds is 6. The van der Waals surface area contributed by atoms with Gasteiger partial charge in [0, 0.05) is 18.8 Å². The van der Waals surface area contributed by atoms with Crippen molar-refractivity contribution in [2.75, 3.05) is 29.2 Å². The first-order valence-corrected chi connectivity index (χ1v) is 6.40. The summed E-state index contributed by atoms with van der Waals surface area (Å²) in [6.45, 7) is 4.35. The Kier molecular flexibility index (Phi) is 5.32. The molecule has 1 aromatic heterocycles. The highest BCUT2D eigenvalue weighted by Crippen LogP contribution is 2.11. The minimum Gasteiger partial charge on any atom is -0.373 e. The van der Waals surface area contributed by atoms with Gasteiger partial charge in [0.2, 0.25) is 0 Å². The van der Waals surface area contributed by atoms with Crippen molar-refractivity contribution < 1.29 is 0 Å². The number of pyridine rings is 1. The summed E-state index contributed by atoms with van der Waals surface area (Å²) in [5.74, 6) is 4.11. The summed E-state index contributed by atoms with van der Waals surface area (Å²) < 4.78 is 0. The molecule has 0 bridgehead atoms. The lowest BCUT2D eigenvalue weighted by molar-refractivity contribution is 0.902. The molecule has 1 heterocycles. The second kappa shape index (κ2) is 6.56. The van der Waals surface area contributed by atoms with Crippen LogP contribution in [0, 0.1) is 0 Å². The summed E-state index contributed by atoms with van der Waals surface area (Å²) in [6.07, 6.45) is 0. The van der Waals surface area contributed by atoms with E-state index in [0.29, 0.717) is 6.04 Å². The molecule has 1 unspecified atom stereocenters. The Morgan fingerprint density at radius 2 is 2.13 bits per heavy atom. The van der Waals surface area contributed by atoms with Crippen LogP contribution < -0.4 is 10.6 Å². The van der Waals surface area contributed by atoms with E-state index in [1.807, 2.05) is 37.0 Å². The Morgan fingerprint density at radius 1 is 1.40 bits per heavy atom. The molecule has 0 aliphatic rings. The molecule has 15 heavy (non-hydrogen) atoms. The highest BCUT2D eigenvalue weighted by atomic mass is 32.2. The molecule has 0 fully saturated rings. The number of anilines is 2. The second-order valence-corrected chi connectivity index (χ2v) is 4.68. The monoisotopic (exact) mass is 225 g/mol. The van der Waals surface area contributed by atoms with E-state index >= 15 is 0 Å². The zero-order valence-electron chi connectivity index (χ0n) is 9.58. The zero-order chi connectivity index (χ0) is 11.1. The lowest BCUT2D eigenvalue weighted by atomic mass is 10.3. The van der Waals surface area contributed by atoms with Crippen molar-refractivity contribution in [3.8, 4) is 0 Å². The van der Waals surface area contributed by atoms with Crippen LogP contribution in [0.3, 0.4) is 0 Å². The van der Waals surface area contributed by atoms with Crippen LogP contribution in [-0.4, -0.2) is 29.6 Å². The van der Waals surface area contributed by atoms with Gasteiger partial charge >= 0.3 is 0 Å². The van der Waals surface area contributed by atoms with Gasteiger partial charge in [-0.3, -0.25) is 0 Å². The molecule has 1 aromatic rings. The van der Waals surface area contributed by atoms with Gasteiger partial charge in [-0.05, 0) is 24.8 Å². The summed E-state index contributed by atoms with van der Waals surface area (Å²) in [5.41, 5.74) is 0. The van der Waals surface area contributed by atoms with Crippen molar-refractivity contribution >= 4 is 23.4 Å². The normalized spacial score (nSPS) is 12.2. The first-order valence-electron chi connectivity index (χ1n) is 5.25. The molecule has 0 saturated carbocycles. The fourth-order valence-electron chi connectivity index (χ4n) is 1.24. The SMILES string of the molecule is CCSCC(C)Nc1cccc(NC)n1. The molecule has 1 rings (SSSR count). The van der Waals surface area contributed by atoms with Crippen molar-refractivity contribution in [2.24, 2.45) is 0 Å². The second-order valence-electron chi connectivity index (χ2n) is 3.36. The number of nitrogens with one attached hydrogen (secondary N) is 2. The molecule has 0 aromatic carbocycles. The molecule has 2 N–H and O–H groups in total. The predicted molar refractivity (Wildman–Crippen MR) is 69.9 cm³/mol. The highest BCUT2D eigenvalue weighted by molar-refractivity contribution is 7.99. The van der Waals surface area contributed by atoms with Crippen molar-refractivity contribution in [1.82, 2.24) is 4.98 Å². The topological polar surface area (TPSA) is 37.0 Å². The van der Waals surface area contributed by atoms with E-state index in [-0.39, 0.29) is 0 Å². The summed E-state index contributed by atoms with van der Waals surface area (Å²) in [4.78, 5) is 4.41. The van der Waals surface area contributed by atoms with Crippen LogP contribution in [0.4, 0.5) is 11.6 Å². The molecule has 0 amide bonds. The third-order valence-electron chi connectivity index (χ3n) is 1.97. The van der Waals surface area contributed by atoms with Gasteiger partial charge in [0.05, 0.1) is 0 Å². The maximum Gasteiger partial charge on any atom is 0.128 e. The minimum atomic E-state index is 0.453. The lowest BCUT2D eigenvalue weighted by Crippen LogP contribution is -2.18. The summed E-state index contributed by atoms with van der Waals surface area (Å²) in [7, 11) is 1.88. The smallest absolute Gasteiger partial charge is 0.128 e. The van der Waals surface area contributed by atoms with Gasteiger partial charge in [0.25, 0.3) is 0 Å². The van der Waals surface area contributed by atoms with Crippen LogP contribution >= 0.6 is 11.8 Å². The number of nitrogens with zero attached hydrogens (tertiary/aromatic N) is 1. The fourth-order valence-corrected chi connectivity index (χ4v) is 1.92. The summed E-state index contributed by atoms with van der Waals surface area (Å²) in [6, 6.07) is 6.40. The Morgan fingerprint density at radius 3 is 2.80 bits per heavy atom. The molecule has 4 heteroatoms. The van der Waals surface area contributed by atoms with Crippen LogP contribution in [0.25, 0.3) is 0 Å². The van der Waals surface area contributed by atoms with Gasteiger partial charge in [-0.25, -0.2) is 4.98 Å².